The zero-order valence-electron chi connectivity index (χ0n) is 25.3. The molecule has 228 valence electrons. The maximum atomic E-state index is 14.0. The SMILES string of the molecule is CCOC(=O)[C@@H](NC(=O)OCc1ccccc1)[C@@H](CCc1ccccc1)C(O)CP(=O)(OC(C)(C)C)OC(C)(C)C. The van der Waals surface area contributed by atoms with Crippen LogP contribution in [0.15, 0.2) is 60.7 Å². The molecule has 3 atom stereocenters. The summed E-state index contributed by atoms with van der Waals surface area (Å²) >= 11 is 0. The number of hydrogen-bond acceptors (Lipinski definition) is 8. The van der Waals surface area contributed by atoms with Crippen LogP contribution in [0.5, 0.6) is 0 Å². The minimum absolute atomic E-state index is 0.00645. The first kappa shape index (κ1) is 34.5. The van der Waals surface area contributed by atoms with Crippen LogP contribution in [-0.4, -0.2) is 53.3 Å². The molecular weight excluding hydrogens is 545 g/mol. The first-order valence-electron chi connectivity index (χ1n) is 14.0. The van der Waals surface area contributed by atoms with Crippen molar-refractivity contribution in [2.45, 2.75) is 91.3 Å². The maximum Gasteiger partial charge on any atom is 0.408 e. The van der Waals surface area contributed by atoms with E-state index in [1.165, 1.54) is 0 Å². The second-order valence-corrected chi connectivity index (χ2v) is 13.8. The van der Waals surface area contributed by atoms with Gasteiger partial charge in [-0.15, -0.1) is 0 Å². The molecule has 0 aromatic heterocycles. The second kappa shape index (κ2) is 15.5. The molecule has 10 heteroatoms. The Hall–Kier alpha value is -2.71. The van der Waals surface area contributed by atoms with Crippen molar-refractivity contribution in [3.8, 4) is 0 Å². The lowest BCUT2D eigenvalue weighted by Gasteiger charge is -2.36. The zero-order valence-corrected chi connectivity index (χ0v) is 26.2. The van der Waals surface area contributed by atoms with Gasteiger partial charge < -0.3 is 28.9 Å². The summed E-state index contributed by atoms with van der Waals surface area (Å²) in [6.07, 6.45) is -1.86. The lowest BCUT2D eigenvalue weighted by atomic mass is 9.88. The van der Waals surface area contributed by atoms with Gasteiger partial charge in [0.15, 0.2) is 0 Å². The molecule has 0 saturated carbocycles. The predicted octanol–water partition coefficient (Wildman–Crippen LogP) is 6.28. The van der Waals surface area contributed by atoms with Crippen molar-refractivity contribution in [2.75, 3.05) is 12.8 Å². The van der Waals surface area contributed by atoms with E-state index in [9.17, 15) is 19.3 Å². The number of aliphatic hydroxyl groups excluding tert-OH is 1. The molecule has 0 bridgehead atoms. The molecule has 0 fully saturated rings. The van der Waals surface area contributed by atoms with Crippen LogP contribution in [0.4, 0.5) is 4.79 Å². The fraction of sp³-hybridized carbons (Fsp3) is 0.548. The fourth-order valence-corrected chi connectivity index (χ4v) is 6.90. The third-order valence-corrected chi connectivity index (χ3v) is 8.27. The topological polar surface area (TPSA) is 120 Å². The summed E-state index contributed by atoms with van der Waals surface area (Å²) in [5.41, 5.74) is 0.0785. The number of alkyl carbamates (subject to hydrolysis) is 1. The Kier molecular flexibility index (Phi) is 13.0. The van der Waals surface area contributed by atoms with Gasteiger partial charge in [0, 0.05) is 5.92 Å². The third-order valence-electron chi connectivity index (χ3n) is 5.79. The van der Waals surface area contributed by atoms with Gasteiger partial charge in [0.05, 0.1) is 30.1 Å². The number of carbonyl (C=O) groups excluding carboxylic acids is 2. The minimum atomic E-state index is -3.89. The van der Waals surface area contributed by atoms with Gasteiger partial charge in [0.1, 0.15) is 12.6 Å². The van der Waals surface area contributed by atoms with Crippen LogP contribution in [0, 0.1) is 5.92 Å². The molecule has 1 amide bonds. The number of rotatable bonds is 14. The van der Waals surface area contributed by atoms with E-state index in [1.54, 1.807) is 48.5 Å². The van der Waals surface area contributed by atoms with Gasteiger partial charge in [0.2, 0.25) is 0 Å². The van der Waals surface area contributed by atoms with E-state index in [1.807, 2.05) is 60.7 Å². The standard InChI is InChI=1S/C31H46NO8P/c1-8-37-28(34)27(32-29(35)38-21-24-17-13-10-14-18-24)25(20-19-23-15-11-9-12-16-23)26(33)22-41(36,39-30(2,3)4)40-31(5,6)7/h9-18,25-27,33H,8,19-22H2,1-7H3,(H,32,35)/t25-,26?,27-/m0/s1. The van der Waals surface area contributed by atoms with Gasteiger partial charge in [-0.05, 0) is 72.4 Å². The van der Waals surface area contributed by atoms with Crippen LogP contribution in [0.2, 0.25) is 0 Å². The van der Waals surface area contributed by atoms with E-state index >= 15 is 0 Å². The van der Waals surface area contributed by atoms with Crippen molar-refractivity contribution in [3.05, 3.63) is 71.8 Å². The Morgan fingerprint density at radius 2 is 1.37 bits per heavy atom. The Labute approximate surface area is 244 Å². The van der Waals surface area contributed by atoms with Crippen molar-refractivity contribution in [2.24, 2.45) is 5.92 Å². The molecule has 9 nitrogen and oxygen atoms in total. The van der Waals surface area contributed by atoms with E-state index in [0.29, 0.717) is 6.42 Å². The number of esters is 1. The quantitative estimate of drug-likeness (QED) is 0.195. The zero-order chi connectivity index (χ0) is 30.7. The van der Waals surface area contributed by atoms with Crippen LogP contribution >= 0.6 is 7.60 Å². The highest BCUT2D eigenvalue weighted by molar-refractivity contribution is 7.54. The van der Waals surface area contributed by atoms with Crippen molar-refractivity contribution in [1.29, 1.82) is 0 Å². The predicted molar refractivity (Wildman–Crippen MR) is 159 cm³/mol. The highest BCUT2D eigenvalue weighted by Crippen LogP contribution is 2.55. The normalized spacial score (nSPS) is 14.5. The Morgan fingerprint density at radius 1 is 0.854 bits per heavy atom. The minimum Gasteiger partial charge on any atom is -0.464 e. The summed E-state index contributed by atoms with van der Waals surface area (Å²) in [4.78, 5) is 26.1. The van der Waals surface area contributed by atoms with Gasteiger partial charge in [0.25, 0.3) is 0 Å². The molecule has 0 saturated heterocycles. The number of carbonyl (C=O) groups is 2. The van der Waals surface area contributed by atoms with Gasteiger partial charge in [-0.3, -0.25) is 4.57 Å². The van der Waals surface area contributed by atoms with Crippen LogP contribution in [-0.2, 0) is 40.9 Å². The van der Waals surface area contributed by atoms with Gasteiger partial charge in [-0.25, -0.2) is 9.59 Å². The number of aryl methyl sites for hydroxylation is 1. The van der Waals surface area contributed by atoms with E-state index in [0.717, 1.165) is 11.1 Å². The van der Waals surface area contributed by atoms with E-state index in [-0.39, 0.29) is 19.6 Å². The summed E-state index contributed by atoms with van der Waals surface area (Å²) in [5.74, 6) is -1.64. The molecule has 41 heavy (non-hydrogen) atoms. The lowest BCUT2D eigenvalue weighted by Crippen LogP contribution is -2.51. The highest BCUT2D eigenvalue weighted by Gasteiger charge is 2.43. The molecule has 0 radical (unpaired) electrons. The number of amides is 1. The lowest BCUT2D eigenvalue weighted by molar-refractivity contribution is -0.148. The molecule has 2 rings (SSSR count). The van der Waals surface area contributed by atoms with Crippen LogP contribution in [0.1, 0.15) is 66.0 Å². The highest BCUT2D eigenvalue weighted by atomic mass is 31.2. The molecule has 0 spiro atoms. The average molecular weight is 592 g/mol. The summed E-state index contributed by atoms with van der Waals surface area (Å²) in [5, 5.41) is 14.2. The first-order valence-corrected chi connectivity index (χ1v) is 15.7. The van der Waals surface area contributed by atoms with E-state index in [4.69, 9.17) is 18.5 Å². The Morgan fingerprint density at radius 3 is 1.85 bits per heavy atom. The largest absolute Gasteiger partial charge is 0.464 e. The van der Waals surface area contributed by atoms with Crippen LogP contribution in [0.3, 0.4) is 0 Å². The molecule has 2 aromatic rings. The number of benzene rings is 2. The molecule has 0 aliphatic rings. The van der Waals surface area contributed by atoms with E-state index < -0.39 is 55.1 Å². The van der Waals surface area contributed by atoms with Crippen molar-refractivity contribution < 1.29 is 37.8 Å². The van der Waals surface area contributed by atoms with Gasteiger partial charge >= 0.3 is 19.7 Å². The van der Waals surface area contributed by atoms with Crippen molar-refractivity contribution >= 4 is 19.7 Å². The summed E-state index contributed by atoms with van der Waals surface area (Å²) in [6, 6.07) is 17.4. The van der Waals surface area contributed by atoms with Gasteiger partial charge in [-0.1, -0.05) is 60.7 Å². The van der Waals surface area contributed by atoms with Crippen molar-refractivity contribution in [1.82, 2.24) is 5.32 Å². The first-order chi connectivity index (χ1) is 19.1. The molecule has 2 N–H and O–H groups in total. The average Bonchev–Trinajstić information content (AvgIpc) is 2.85. The molecular formula is C31H46NO8P. The number of ether oxygens (including phenoxy) is 2. The number of nitrogens with one attached hydrogen (secondary N) is 1. The summed E-state index contributed by atoms with van der Waals surface area (Å²) in [6.45, 7) is 12.2. The van der Waals surface area contributed by atoms with Gasteiger partial charge in [-0.2, -0.15) is 0 Å². The van der Waals surface area contributed by atoms with Crippen LogP contribution < -0.4 is 5.32 Å². The fourth-order valence-electron chi connectivity index (χ4n) is 4.32. The molecule has 2 aromatic carbocycles. The summed E-state index contributed by atoms with van der Waals surface area (Å²) < 4.78 is 36.4. The number of hydrogen-bond donors (Lipinski definition) is 2. The third kappa shape index (κ3) is 13.2. The van der Waals surface area contributed by atoms with E-state index in [2.05, 4.69) is 5.32 Å². The monoisotopic (exact) mass is 591 g/mol. The van der Waals surface area contributed by atoms with Crippen molar-refractivity contribution in [3.63, 3.8) is 0 Å². The molecule has 0 heterocycles. The maximum absolute atomic E-state index is 14.0. The molecule has 0 aliphatic heterocycles. The molecule has 1 unspecified atom stereocenters. The number of aliphatic hydroxyl groups is 1. The molecule has 0 aliphatic carbocycles. The second-order valence-electron chi connectivity index (χ2n) is 11.9. The van der Waals surface area contributed by atoms with Crippen LogP contribution in [0.25, 0.3) is 0 Å². The smallest absolute Gasteiger partial charge is 0.408 e. The summed E-state index contributed by atoms with van der Waals surface area (Å²) in [7, 11) is -3.89. The Balaban J connectivity index is 2.38. The Bertz CT molecular complexity index is 1110.